The van der Waals surface area contributed by atoms with Gasteiger partial charge in [0.2, 0.25) is 0 Å². The smallest absolute Gasteiger partial charge is 0.288 e. The van der Waals surface area contributed by atoms with Gasteiger partial charge in [-0.15, -0.1) is 0 Å². The van der Waals surface area contributed by atoms with E-state index in [1.807, 2.05) is 6.92 Å². The highest BCUT2D eigenvalue weighted by Crippen LogP contribution is 2.37. The van der Waals surface area contributed by atoms with E-state index in [1.54, 1.807) is 0 Å². The van der Waals surface area contributed by atoms with Gasteiger partial charge < -0.3 is 14.8 Å². The van der Waals surface area contributed by atoms with E-state index < -0.39 is 0 Å². The minimum atomic E-state index is 0.595. The van der Waals surface area contributed by atoms with Crippen LogP contribution >= 0.6 is 0 Å². The van der Waals surface area contributed by atoms with Crippen molar-refractivity contribution in [2.75, 3.05) is 18.5 Å². The molecule has 0 atom stereocenters. The molecule has 1 aromatic rings. The highest BCUT2D eigenvalue weighted by Gasteiger charge is 2.22. The van der Waals surface area contributed by atoms with Gasteiger partial charge in [0.25, 0.3) is 5.95 Å². The maximum atomic E-state index is 5.81. The normalized spacial score (nSPS) is 18.2. The van der Waals surface area contributed by atoms with Gasteiger partial charge in [0.1, 0.15) is 5.76 Å². The van der Waals surface area contributed by atoms with Gasteiger partial charge in [-0.3, -0.25) is 0 Å². The Balaban J connectivity index is 1.72. The Labute approximate surface area is 145 Å². The predicted molar refractivity (Wildman–Crippen MR) is 100 cm³/mol. The van der Waals surface area contributed by atoms with E-state index in [0.29, 0.717) is 18.3 Å². The van der Waals surface area contributed by atoms with Gasteiger partial charge in [0, 0.05) is 23.4 Å². The van der Waals surface area contributed by atoms with Crippen molar-refractivity contribution in [2.24, 2.45) is 5.92 Å². The van der Waals surface area contributed by atoms with Gasteiger partial charge in [-0.05, 0) is 49.8 Å². The lowest BCUT2D eigenvalue weighted by atomic mass is 9.89. The lowest BCUT2D eigenvalue weighted by Crippen LogP contribution is -2.17. The van der Waals surface area contributed by atoms with Crippen molar-refractivity contribution in [1.82, 2.24) is 0 Å². The number of anilines is 1. The Morgan fingerprint density at radius 1 is 1.21 bits per heavy atom. The quantitative estimate of drug-likeness (QED) is 0.717. The first-order chi connectivity index (χ1) is 11.7. The summed E-state index contributed by atoms with van der Waals surface area (Å²) in [4.78, 5) is 0. The molecule has 2 aliphatic rings. The molecule has 24 heavy (non-hydrogen) atoms. The lowest BCUT2D eigenvalue weighted by molar-refractivity contribution is 0.0926. The number of fused-ring (bicyclic) bond motifs is 1. The molecule has 0 amide bonds. The molecule has 3 nitrogen and oxygen atoms in total. The topological polar surface area (TPSA) is 30.5 Å². The van der Waals surface area contributed by atoms with Crippen LogP contribution in [0.15, 0.2) is 30.7 Å². The fourth-order valence-corrected chi connectivity index (χ4v) is 3.55. The van der Waals surface area contributed by atoms with Gasteiger partial charge in [0.15, 0.2) is 0 Å². The van der Waals surface area contributed by atoms with Crippen LogP contribution in [-0.2, 0) is 9.47 Å². The molecule has 0 aromatic heterocycles. The zero-order valence-electron chi connectivity index (χ0n) is 15.0. The van der Waals surface area contributed by atoms with Crippen LogP contribution in [0.3, 0.4) is 0 Å². The molecule has 1 N–H and O–H groups in total. The SMILES string of the molecule is C=C1OC(OCCC)=C(C)c2ccc(NCC3CCCCC3)cc21. The van der Waals surface area contributed by atoms with Gasteiger partial charge >= 0.3 is 0 Å². The third-order valence-corrected chi connectivity index (χ3v) is 5.00. The van der Waals surface area contributed by atoms with Crippen molar-refractivity contribution in [2.45, 2.75) is 52.4 Å². The van der Waals surface area contributed by atoms with E-state index in [2.05, 4.69) is 37.0 Å². The molecule has 3 rings (SSSR count). The summed E-state index contributed by atoms with van der Waals surface area (Å²) in [5.41, 5.74) is 4.41. The summed E-state index contributed by atoms with van der Waals surface area (Å²) < 4.78 is 11.5. The van der Waals surface area contributed by atoms with Crippen LogP contribution in [0.1, 0.15) is 63.5 Å². The first-order valence-electron chi connectivity index (χ1n) is 9.28. The molecule has 0 bridgehead atoms. The number of ether oxygens (including phenoxy) is 2. The molecule has 1 aliphatic carbocycles. The molecule has 0 spiro atoms. The summed E-state index contributed by atoms with van der Waals surface area (Å²) in [6, 6.07) is 6.46. The summed E-state index contributed by atoms with van der Waals surface area (Å²) >= 11 is 0. The van der Waals surface area contributed by atoms with E-state index in [1.165, 1.54) is 32.1 Å². The molecule has 1 heterocycles. The Hall–Kier alpha value is -1.90. The highest BCUT2D eigenvalue weighted by molar-refractivity contribution is 5.82. The molecule has 130 valence electrons. The van der Waals surface area contributed by atoms with E-state index in [4.69, 9.17) is 9.47 Å². The zero-order valence-corrected chi connectivity index (χ0v) is 15.0. The van der Waals surface area contributed by atoms with Crippen LogP contribution in [0.4, 0.5) is 5.69 Å². The van der Waals surface area contributed by atoms with Gasteiger partial charge in [0.05, 0.1) is 6.61 Å². The highest BCUT2D eigenvalue weighted by atomic mass is 16.7. The van der Waals surface area contributed by atoms with Crippen LogP contribution in [0.5, 0.6) is 0 Å². The average Bonchev–Trinajstić information content (AvgIpc) is 2.62. The molecular weight excluding hydrogens is 298 g/mol. The van der Waals surface area contributed by atoms with E-state index in [9.17, 15) is 0 Å². The van der Waals surface area contributed by atoms with Crippen LogP contribution in [0.2, 0.25) is 0 Å². The van der Waals surface area contributed by atoms with Gasteiger partial charge in [-0.2, -0.15) is 0 Å². The van der Waals surface area contributed by atoms with Crippen LogP contribution in [0.25, 0.3) is 11.3 Å². The molecule has 0 radical (unpaired) electrons. The Morgan fingerprint density at radius 3 is 2.75 bits per heavy atom. The molecule has 1 fully saturated rings. The number of benzene rings is 1. The number of hydrogen-bond donors (Lipinski definition) is 1. The second-order valence-electron chi connectivity index (χ2n) is 6.93. The van der Waals surface area contributed by atoms with E-state index in [0.717, 1.165) is 41.3 Å². The molecule has 0 saturated heterocycles. The zero-order chi connectivity index (χ0) is 16.9. The van der Waals surface area contributed by atoms with Crippen molar-refractivity contribution in [3.63, 3.8) is 0 Å². The summed E-state index contributed by atoms with van der Waals surface area (Å²) in [5.74, 6) is 2.07. The Morgan fingerprint density at radius 2 is 2.00 bits per heavy atom. The first kappa shape index (κ1) is 16.9. The fourth-order valence-electron chi connectivity index (χ4n) is 3.55. The second kappa shape index (κ2) is 7.78. The van der Waals surface area contributed by atoms with E-state index >= 15 is 0 Å². The number of allylic oxidation sites excluding steroid dienone is 1. The van der Waals surface area contributed by atoms with Crippen LogP contribution in [-0.4, -0.2) is 13.2 Å². The average molecular weight is 327 g/mol. The van der Waals surface area contributed by atoms with Crippen molar-refractivity contribution >= 4 is 17.0 Å². The minimum Gasteiger partial charge on any atom is -0.465 e. The number of nitrogens with one attached hydrogen (secondary N) is 1. The van der Waals surface area contributed by atoms with Crippen LogP contribution < -0.4 is 5.32 Å². The standard InChI is InChI=1S/C21H29NO2/c1-4-12-23-21-15(2)19-11-10-18(13-20(19)16(3)24-21)22-14-17-8-6-5-7-9-17/h10-11,13,17,22H,3-9,12,14H2,1-2H3. The van der Waals surface area contributed by atoms with E-state index in [-0.39, 0.29) is 0 Å². The number of hydrogen-bond acceptors (Lipinski definition) is 3. The van der Waals surface area contributed by atoms with Crippen molar-refractivity contribution in [3.05, 3.63) is 41.9 Å². The molecule has 3 heteroatoms. The minimum absolute atomic E-state index is 0.595. The third-order valence-electron chi connectivity index (χ3n) is 5.00. The largest absolute Gasteiger partial charge is 0.465 e. The lowest BCUT2D eigenvalue weighted by Gasteiger charge is -2.25. The van der Waals surface area contributed by atoms with Crippen LogP contribution in [0, 0.1) is 5.92 Å². The third kappa shape index (κ3) is 3.77. The molecule has 1 aromatic carbocycles. The maximum Gasteiger partial charge on any atom is 0.288 e. The van der Waals surface area contributed by atoms with Gasteiger partial charge in [-0.1, -0.05) is 38.8 Å². The van der Waals surface area contributed by atoms with Crippen molar-refractivity contribution in [1.29, 1.82) is 0 Å². The molecule has 0 unspecified atom stereocenters. The predicted octanol–water partition coefficient (Wildman–Crippen LogP) is 5.79. The molecule has 1 aliphatic heterocycles. The molecule has 1 saturated carbocycles. The monoisotopic (exact) mass is 327 g/mol. The summed E-state index contributed by atoms with van der Waals surface area (Å²) in [7, 11) is 0. The van der Waals surface area contributed by atoms with Crippen molar-refractivity contribution in [3.8, 4) is 0 Å². The maximum absolute atomic E-state index is 5.81. The van der Waals surface area contributed by atoms with Crippen molar-refractivity contribution < 1.29 is 9.47 Å². The second-order valence-corrected chi connectivity index (χ2v) is 6.93. The summed E-state index contributed by atoms with van der Waals surface area (Å²) in [6.07, 6.45) is 7.84. The first-order valence-corrected chi connectivity index (χ1v) is 9.28. The summed E-state index contributed by atoms with van der Waals surface area (Å²) in [5, 5.41) is 3.60. The Bertz CT molecular complexity index is 627. The molecular formula is C21H29NO2. The Kier molecular flexibility index (Phi) is 5.49. The van der Waals surface area contributed by atoms with Gasteiger partial charge in [-0.25, -0.2) is 0 Å². The number of rotatable bonds is 6. The summed E-state index contributed by atoms with van der Waals surface area (Å²) in [6.45, 7) is 9.94. The fraction of sp³-hybridized carbons (Fsp3) is 0.524.